The van der Waals surface area contributed by atoms with Crippen molar-refractivity contribution in [1.82, 2.24) is 15.3 Å². The summed E-state index contributed by atoms with van der Waals surface area (Å²) >= 11 is 5.45. The second kappa shape index (κ2) is 9.62. The molecule has 0 radical (unpaired) electrons. The fraction of sp³-hybridized carbons (Fsp3) is 0.455. The van der Waals surface area contributed by atoms with Gasteiger partial charge in [0, 0.05) is 36.8 Å². The zero-order valence-corrected chi connectivity index (χ0v) is 18.8. The number of carbonyl (C=O) groups excluding carboxylic acids is 2. The lowest BCUT2D eigenvalue weighted by Crippen LogP contribution is -2.60. The van der Waals surface area contributed by atoms with E-state index in [4.69, 9.17) is 11.6 Å². The Labute approximate surface area is 193 Å². The SMILES string of the molecule is Cc1ccc(N(C(=O)[C@H](F)Cl)[C@@](C)(C(=O)NC2CCC(F)(F)CC2)c2cncnc2)c(F)c1. The van der Waals surface area contributed by atoms with Crippen LogP contribution in [0.3, 0.4) is 0 Å². The van der Waals surface area contributed by atoms with Gasteiger partial charge in [-0.2, -0.15) is 0 Å². The Bertz CT molecular complexity index is 1010. The Morgan fingerprint density at radius 1 is 1.24 bits per heavy atom. The molecule has 0 spiro atoms. The van der Waals surface area contributed by atoms with Crippen LogP contribution in [0.4, 0.5) is 23.2 Å². The third-order valence-corrected chi connectivity index (χ3v) is 6.00. The number of aryl methyl sites for hydroxylation is 1. The van der Waals surface area contributed by atoms with Crippen LogP contribution in [-0.4, -0.2) is 39.4 Å². The molecule has 0 aliphatic heterocycles. The molecule has 1 N–H and O–H groups in total. The second-order valence-electron chi connectivity index (χ2n) is 8.23. The highest BCUT2D eigenvalue weighted by atomic mass is 35.5. The number of nitrogens with zero attached hydrogens (tertiary/aromatic N) is 3. The van der Waals surface area contributed by atoms with Gasteiger partial charge in [-0.25, -0.2) is 27.5 Å². The third kappa shape index (κ3) is 5.26. The molecule has 3 rings (SSSR count). The Hall–Kier alpha value is -2.75. The number of benzene rings is 1. The zero-order valence-electron chi connectivity index (χ0n) is 18.0. The Morgan fingerprint density at radius 2 is 1.85 bits per heavy atom. The van der Waals surface area contributed by atoms with Gasteiger partial charge >= 0.3 is 0 Å². The number of hydrogen-bond acceptors (Lipinski definition) is 4. The molecule has 11 heteroatoms. The highest BCUT2D eigenvalue weighted by Crippen LogP contribution is 2.38. The summed E-state index contributed by atoms with van der Waals surface area (Å²) < 4.78 is 56.2. The molecule has 1 heterocycles. The van der Waals surface area contributed by atoms with Crippen LogP contribution in [0.15, 0.2) is 36.9 Å². The Kier molecular flexibility index (Phi) is 7.26. The summed E-state index contributed by atoms with van der Waals surface area (Å²) in [4.78, 5) is 34.9. The van der Waals surface area contributed by atoms with Gasteiger partial charge < -0.3 is 5.32 Å². The number of amides is 2. The molecule has 2 aromatic rings. The number of alkyl halides is 4. The molecule has 1 saturated carbocycles. The maximum Gasteiger partial charge on any atom is 0.278 e. The summed E-state index contributed by atoms with van der Waals surface area (Å²) in [6.45, 7) is 2.89. The molecule has 0 unspecified atom stereocenters. The number of rotatable bonds is 6. The molecule has 1 fully saturated rings. The van der Waals surface area contributed by atoms with E-state index in [2.05, 4.69) is 15.3 Å². The zero-order chi connectivity index (χ0) is 24.4. The summed E-state index contributed by atoms with van der Waals surface area (Å²) in [5.41, 5.74) is -4.44. The molecule has 2 amide bonds. The topological polar surface area (TPSA) is 75.2 Å². The van der Waals surface area contributed by atoms with Crippen LogP contribution in [0.5, 0.6) is 0 Å². The van der Waals surface area contributed by atoms with Gasteiger partial charge in [0.1, 0.15) is 12.1 Å². The van der Waals surface area contributed by atoms with E-state index >= 15 is 0 Å². The quantitative estimate of drug-likeness (QED) is 0.485. The molecule has 178 valence electrons. The van der Waals surface area contributed by atoms with Gasteiger partial charge in [-0.3, -0.25) is 14.5 Å². The molecule has 0 saturated heterocycles. The molecule has 1 aromatic carbocycles. The molecule has 1 aliphatic rings. The van der Waals surface area contributed by atoms with Crippen LogP contribution in [0.25, 0.3) is 0 Å². The van der Waals surface area contributed by atoms with E-state index in [0.29, 0.717) is 10.5 Å². The first kappa shape index (κ1) is 24.9. The van der Waals surface area contributed by atoms with Gasteiger partial charge in [0.2, 0.25) is 5.92 Å². The summed E-state index contributed by atoms with van der Waals surface area (Å²) in [7, 11) is 0. The highest BCUT2D eigenvalue weighted by Gasteiger charge is 2.49. The van der Waals surface area contributed by atoms with Crippen LogP contribution < -0.4 is 10.2 Å². The molecule has 1 aromatic heterocycles. The lowest BCUT2D eigenvalue weighted by atomic mass is 9.87. The average Bonchev–Trinajstić information content (AvgIpc) is 2.77. The maximum atomic E-state index is 15.0. The van der Waals surface area contributed by atoms with E-state index in [9.17, 15) is 27.2 Å². The van der Waals surface area contributed by atoms with Crippen molar-refractivity contribution in [2.24, 2.45) is 0 Å². The molecular formula is C22H23ClF4N4O2. The summed E-state index contributed by atoms with van der Waals surface area (Å²) in [5, 5.41) is 2.66. The minimum absolute atomic E-state index is 0.00813. The van der Waals surface area contributed by atoms with Crippen molar-refractivity contribution in [3.8, 4) is 0 Å². The largest absolute Gasteiger partial charge is 0.351 e. The fourth-order valence-corrected chi connectivity index (χ4v) is 3.99. The molecule has 1 aliphatic carbocycles. The lowest BCUT2D eigenvalue weighted by molar-refractivity contribution is -0.132. The first-order chi connectivity index (χ1) is 15.5. The van der Waals surface area contributed by atoms with Gasteiger partial charge in [-0.1, -0.05) is 17.7 Å². The molecule has 2 atom stereocenters. The van der Waals surface area contributed by atoms with Crippen LogP contribution in [0.1, 0.15) is 43.7 Å². The van der Waals surface area contributed by atoms with Crippen molar-refractivity contribution in [3.63, 3.8) is 0 Å². The van der Waals surface area contributed by atoms with Crippen molar-refractivity contribution < 1.29 is 27.2 Å². The van der Waals surface area contributed by atoms with Crippen molar-refractivity contribution in [2.45, 2.75) is 62.7 Å². The standard InChI is InChI=1S/C22H23ClF4N4O2/c1-13-3-4-17(16(24)9-13)31(19(32)18(23)25)21(2,14-10-28-12-29-11-14)20(33)30-15-5-7-22(26,27)8-6-15/h3-4,9-12,15,18H,5-8H2,1-2H3,(H,30,33)/t18-,21+/m0/s1. The Morgan fingerprint density at radius 3 is 2.39 bits per heavy atom. The van der Waals surface area contributed by atoms with Crippen molar-refractivity contribution in [2.75, 3.05) is 4.90 Å². The second-order valence-corrected chi connectivity index (χ2v) is 8.62. The molecule has 6 nitrogen and oxygen atoms in total. The highest BCUT2D eigenvalue weighted by molar-refractivity contribution is 6.32. The average molecular weight is 487 g/mol. The predicted octanol–water partition coefficient (Wildman–Crippen LogP) is 4.40. The maximum absolute atomic E-state index is 15.0. The predicted molar refractivity (Wildman–Crippen MR) is 114 cm³/mol. The van der Waals surface area contributed by atoms with Gasteiger partial charge in [-0.15, -0.1) is 0 Å². The minimum Gasteiger partial charge on any atom is -0.351 e. The summed E-state index contributed by atoms with van der Waals surface area (Å²) in [6.07, 6.45) is 2.84. The lowest BCUT2D eigenvalue weighted by Gasteiger charge is -2.41. The number of halogens is 5. The van der Waals surface area contributed by atoms with E-state index < -0.39 is 53.6 Å². The smallest absolute Gasteiger partial charge is 0.278 e. The molecule has 33 heavy (non-hydrogen) atoms. The van der Waals surface area contributed by atoms with Gasteiger partial charge in [-0.05, 0) is 44.4 Å². The number of carbonyl (C=O) groups is 2. The van der Waals surface area contributed by atoms with Crippen molar-refractivity contribution in [1.29, 1.82) is 0 Å². The minimum atomic E-state index is -2.81. The van der Waals surface area contributed by atoms with Crippen molar-refractivity contribution in [3.05, 3.63) is 53.9 Å². The summed E-state index contributed by atoms with van der Waals surface area (Å²) in [5.74, 6) is -5.91. The number of nitrogens with one attached hydrogen (secondary N) is 1. The monoisotopic (exact) mass is 486 g/mol. The van der Waals surface area contributed by atoms with Crippen LogP contribution in [-0.2, 0) is 15.1 Å². The number of hydrogen-bond donors (Lipinski definition) is 1. The van der Waals surface area contributed by atoms with E-state index in [1.54, 1.807) is 6.92 Å². The Balaban J connectivity index is 2.10. The first-order valence-electron chi connectivity index (χ1n) is 10.3. The van der Waals surface area contributed by atoms with Crippen LogP contribution in [0.2, 0.25) is 0 Å². The third-order valence-electron chi connectivity index (χ3n) is 5.82. The fourth-order valence-electron chi connectivity index (χ4n) is 3.89. The van der Waals surface area contributed by atoms with Crippen molar-refractivity contribution >= 4 is 29.1 Å². The first-order valence-corrected chi connectivity index (χ1v) is 10.7. The van der Waals surface area contributed by atoms with Gasteiger partial charge in [0.15, 0.2) is 5.54 Å². The van der Waals surface area contributed by atoms with Gasteiger partial charge in [0.05, 0.1) is 5.69 Å². The normalized spacial score (nSPS) is 18.8. The van der Waals surface area contributed by atoms with E-state index in [1.807, 2.05) is 0 Å². The van der Waals surface area contributed by atoms with E-state index in [0.717, 1.165) is 6.07 Å². The van der Waals surface area contributed by atoms with Gasteiger partial charge in [0.25, 0.3) is 17.4 Å². The van der Waals surface area contributed by atoms with Crippen LogP contribution >= 0.6 is 11.6 Å². The van der Waals surface area contributed by atoms with E-state index in [-0.39, 0.29) is 24.1 Å². The number of aromatic nitrogens is 2. The molecular weight excluding hydrogens is 464 g/mol. The summed E-state index contributed by atoms with van der Waals surface area (Å²) in [6, 6.07) is 3.24. The van der Waals surface area contributed by atoms with E-state index in [1.165, 1.54) is 37.8 Å². The number of anilines is 1. The molecule has 0 bridgehead atoms. The van der Waals surface area contributed by atoms with Crippen LogP contribution in [0, 0.1) is 12.7 Å².